The van der Waals surface area contributed by atoms with E-state index in [1.54, 1.807) is 11.3 Å². The summed E-state index contributed by atoms with van der Waals surface area (Å²) in [5.41, 5.74) is 1.17. The Balaban J connectivity index is 2.26. The molecule has 0 spiro atoms. The number of aromatic nitrogens is 1. The number of hydrogen-bond acceptors (Lipinski definition) is 4. The van der Waals surface area contributed by atoms with Gasteiger partial charge in [-0.1, -0.05) is 12.1 Å². The highest BCUT2D eigenvalue weighted by Crippen LogP contribution is 2.26. The van der Waals surface area contributed by atoms with E-state index >= 15 is 0 Å². The van der Waals surface area contributed by atoms with E-state index in [-0.39, 0.29) is 12.1 Å². The number of nitrogens with zero attached hydrogens (tertiary/aromatic N) is 1. The Bertz CT molecular complexity index is 482. The minimum absolute atomic E-state index is 0.126. The molecule has 1 heterocycles. The lowest BCUT2D eigenvalue weighted by Crippen LogP contribution is -2.17. The van der Waals surface area contributed by atoms with Gasteiger partial charge >= 0.3 is 0 Å². The molecule has 1 unspecified atom stereocenters. The normalized spacial score (nSPS) is 12.7. The van der Waals surface area contributed by atoms with Crippen molar-refractivity contribution in [3.63, 3.8) is 0 Å². The lowest BCUT2D eigenvalue weighted by atomic mass is 10.1. The number of rotatable bonds is 5. The van der Waals surface area contributed by atoms with E-state index in [4.69, 9.17) is 4.74 Å². The highest BCUT2D eigenvalue weighted by Gasteiger charge is 2.15. The van der Waals surface area contributed by atoms with Gasteiger partial charge in [0.2, 0.25) is 0 Å². The summed E-state index contributed by atoms with van der Waals surface area (Å²) in [6.07, 6.45) is 2.02. The minimum Gasteiger partial charge on any atom is -0.491 e. The Kier molecular flexibility index (Phi) is 4.33. The maximum atomic E-state index is 5.72. The average molecular weight is 262 g/mol. The summed E-state index contributed by atoms with van der Waals surface area (Å²) in [6.45, 7) is 4.06. The fraction of sp³-hybridized carbons (Fsp3) is 0.357. The van der Waals surface area contributed by atoms with Crippen LogP contribution in [0.5, 0.6) is 5.75 Å². The summed E-state index contributed by atoms with van der Waals surface area (Å²) in [7, 11) is 1.95. The van der Waals surface area contributed by atoms with Gasteiger partial charge in [0, 0.05) is 11.6 Å². The molecule has 2 rings (SSSR count). The van der Waals surface area contributed by atoms with Crippen molar-refractivity contribution in [3.05, 3.63) is 46.4 Å². The summed E-state index contributed by atoms with van der Waals surface area (Å²) in [4.78, 5) is 4.37. The first-order valence-electron chi connectivity index (χ1n) is 6.04. The Morgan fingerprint density at radius 1 is 1.33 bits per heavy atom. The summed E-state index contributed by atoms with van der Waals surface area (Å²) >= 11 is 1.66. The zero-order valence-electron chi connectivity index (χ0n) is 10.9. The van der Waals surface area contributed by atoms with Gasteiger partial charge in [0.25, 0.3) is 0 Å². The molecule has 0 bridgehead atoms. The first-order valence-corrected chi connectivity index (χ1v) is 6.92. The van der Waals surface area contributed by atoms with Crippen LogP contribution in [0, 0.1) is 0 Å². The molecule has 1 aromatic heterocycles. The SMILES string of the molecule is CNC(c1cccc(OC(C)C)c1)c1nccs1. The van der Waals surface area contributed by atoms with E-state index in [0.717, 1.165) is 10.8 Å². The quantitative estimate of drug-likeness (QED) is 0.898. The third-order valence-corrected chi connectivity index (χ3v) is 3.39. The molecule has 1 atom stereocenters. The second kappa shape index (κ2) is 5.98. The molecule has 0 aliphatic rings. The van der Waals surface area contributed by atoms with E-state index in [0.29, 0.717) is 0 Å². The molecule has 2 aromatic rings. The van der Waals surface area contributed by atoms with E-state index in [1.165, 1.54) is 5.56 Å². The van der Waals surface area contributed by atoms with Gasteiger partial charge in [-0.25, -0.2) is 4.98 Å². The second-order valence-electron chi connectivity index (χ2n) is 4.33. The molecular weight excluding hydrogens is 244 g/mol. The number of ether oxygens (including phenoxy) is 1. The summed E-state index contributed by atoms with van der Waals surface area (Å²) < 4.78 is 5.72. The highest BCUT2D eigenvalue weighted by atomic mass is 32.1. The van der Waals surface area contributed by atoms with Gasteiger partial charge in [0.05, 0.1) is 12.1 Å². The molecule has 96 valence electrons. The summed E-state index contributed by atoms with van der Waals surface area (Å²) in [6, 6.07) is 8.29. The minimum atomic E-state index is 0.126. The Labute approximate surface area is 112 Å². The monoisotopic (exact) mass is 262 g/mol. The largest absolute Gasteiger partial charge is 0.491 e. The van der Waals surface area contributed by atoms with Gasteiger partial charge in [0.15, 0.2) is 0 Å². The van der Waals surface area contributed by atoms with E-state index in [9.17, 15) is 0 Å². The smallest absolute Gasteiger partial charge is 0.120 e. The van der Waals surface area contributed by atoms with Crippen molar-refractivity contribution in [1.29, 1.82) is 0 Å². The zero-order chi connectivity index (χ0) is 13.0. The van der Waals surface area contributed by atoms with Gasteiger partial charge < -0.3 is 10.1 Å². The number of hydrogen-bond donors (Lipinski definition) is 1. The van der Waals surface area contributed by atoms with Gasteiger partial charge in [-0.3, -0.25) is 0 Å². The van der Waals surface area contributed by atoms with Crippen LogP contribution in [0.4, 0.5) is 0 Å². The Morgan fingerprint density at radius 2 is 2.17 bits per heavy atom. The number of benzene rings is 1. The van der Waals surface area contributed by atoms with Crippen molar-refractivity contribution in [2.75, 3.05) is 7.05 Å². The highest BCUT2D eigenvalue weighted by molar-refractivity contribution is 7.09. The summed E-state index contributed by atoms with van der Waals surface area (Å²) in [5, 5.41) is 6.36. The second-order valence-corrected chi connectivity index (χ2v) is 5.26. The van der Waals surface area contributed by atoms with Crippen molar-refractivity contribution in [3.8, 4) is 5.75 Å². The van der Waals surface area contributed by atoms with Crippen LogP contribution >= 0.6 is 11.3 Å². The lowest BCUT2D eigenvalue weighted by molar-refractivity contribution is 0.242. The Hall–Kier alpha value is -1.39. The predicted molar refractivity (Wildman–Crippen MR) is 75.2 cm³/mol. The molecule has 0 radical (unpaired) electrons. The molecule has 0 saturated carbocycles. The maximum Gasteiger partial charge on any atom is 0.120 e. The molecule has 3 nitrogen and oxygen atoms in total. The maximum absolute atomic E-state index is 5.72. The molecule has 1 N–H and O–H groups in total. The Morgan fingerprint density at radius 3 is 2.78 bits per heavy atom. The fourth-order valence-corrected chi connectivity index (χ4v) is 2.62. The van der Waals surface area contributed by atoms with Crippen LogP contribution in [-0.2, 0) is 0 Å². The molecule has 4 heteroatoms. The van der Waals surface area contributed by atoms with Gasteiger partial charge in [-0.05, 0) is 38.6 Å². The van der Waals surface area contributed by atoms with Crippen LogP contribution in [0.2, 0.25) is 0 Å². The summed E-state index contributed by atoms with van der Waals surface area (Å²) in [5.74, 6) is 0.902. The van der Waals surface area contributed by atoms with E-state index in [2.05, 4.69) is 22.4 Å². The zero-order valence-corrected chi connectivity index (χ0v) is 11.7. The van der Waals surface area contributed by atoms with E-state index in [1.807, 2.05) is 44.6 Å². The van der Waals surface area contributed by atoms with E-state index < -0.39 is 0 Å². The molecular formula is C14H18N2OS. The number of nitrogens with one attached hydrogen (secondary N) is 1. The topological polar surface area (TPSA) is 34.1 Å². The predicted octanol–water partition coefficient (Wildman–Crippen LogP) is 3.24. The van der Waals surface area contributed by atoms with Crippen LogP contribution in [0.15, 0.2) is 35.8 Å². The fourth-order valence-electron chi connectivity index (χ4n) is 1.85. The molecule has 0 amide bonds. The van der Waals surface area contributed by atoms with Crippen LogP contribution in [0.3, 0.4) is 0 Å². The van der Waals surface area contributed by atoms with Crippen molar-refractivity contribution >= 4 is 11.3 Å². The van der Waals surface area contributed by atoms with Gasteiger partial charge in [-0.15, -0.1) is 11.3 Å². The third-order valence-electron chi connectivity index (χ3n) is 2.55. The van der Waals surface area contributed by atoms with Crippen molar-refractivity contribution in [2.45, 2.75) is 26.0 Å². The first kappa shape index (κ1) is 13.1. The molecule has 0 saturated heterocycles. The molecule has 0 aliphatic carbocycles. The van der Waals surface area contributed by atoms with Gasteiger partial charge in [0.1, 0.15) is 10.8 Å². The number of thiazole rings is 1. The molecule has 1 aromatic carbocycles. The standard InChI is InChI=1S/C14H18N2OS/c1-10(2)17-12-6-4-5-11(9-12)13(15-3)14-16-7-8-18-14/h4-10,13,15H,1-3H3. The molecule has 0 aliphatic heterocycles. The first-order chi connectivity index (χ1) is 8.70. The van der Waals surface area contributed by atoms with Crippen molar-refractivity contribution in [1.82, 2.24) is 10.3 Å². The van der Waals surface area contributed by atoms with Crippen LogP contribution in [-0.4, -0.2) is 18.1 Å². The average Bonchev–Trinajstić information content (AvgIpc) is 2.83. The van der Waals surface area contributed by atoms with Crippen LogP contribution < -0.4 is 10.1 Å². The van der Waals surface area contributed by atoms with Crippen LogP contribution in [0.25, 0.3) is 0 Å². The lowest BCUT2D eigenvalue weighted by Gasteiger charge is -2.16. The van der Waals surface area contributed by atoms with Crippen molar-refractivity contribution in [2.24, 2.45) is 0 Å². The van der Waals surface area contributed by atoms with Crippen LogP contribution in [0.1, 0.15) is 30.5 Å². The van der Waals surface area contributed by atoms with Gasteiger partial charge in [-0.2, -0.15) is 0 Å². The third kappa shape index (κ3) is 3.09. The molecule has 18 heavy (non-hydrogen) atoms. The molecule has 0 fully saturated rings. The van der Waals surface area contributed by atoms with Crippen molar-refractivity contribution < 1.29 is 4.74 Å².